The van der Waals surface area contributed by atoms with Crippen LogP contribution in [0.1, 0.15) is 49.8 Å². The molecular weight excluding hydrogens is 318 g/mol. The minimum Gasteiger partial charge on any atom is -0.466 e. The summed E-state index contributed by atoms with van der Waals surface area (Å²) in [7, 11) is 0. The number of esters is 1. The van der Waals surface area contributed by atoms with E-state index in [1.807, 2.05) is 17.0 Å². The predicted octanol–water partition coefficient (Wildman–Crippen LogP) is 2.88. The predicted molar refractivity (Wildman–Crippen MR) is 94.0 cm³/mol. The maximum Gasteiger partial charge on any atom is 0.307 e. The van der Waals surface area contributed by atoms with Gasteiger partial charge in [-0.05, 0) is 43.2 Å². The number of ether oxygens (including phenoxy) is 2. The van der Waals surface area contributed by atoms with E-state index in [-0.39, 0.29) is 24.4 Å². The van der Waals surface area contributed by atoms with Crippen molar-refractivity contribution in [3.63, 3.8) is 0 Å². The highest BCUT2D eigenvalue weighted by atomic mass is 16.5. The molecule has 0 N–H and O–H groups in total. The average molecular weight is 345 g/mol. The van der Waals surface area contributed by atoms with Gasteiger partial charge in [0.15, 0.2) is 0 Å². The smallest absolute Gasteiger partial charge is 0.307 e. The van der Waals surface area contributed by atoms with Gasteiger partial charge in [0.25, 0.3) is 0 Å². The molecule has 0 aromatic heterocycles. The molecule has 1 unspecified atom stereocenters. The van der Waals surface area contributed by atoms with Gasteiger partial charge < -0.3 is 14.4 Å². The van der Waals surface area contributed by atoms with Gasteiger partial charge in [0, 0.05) is 13.1 Å². The molecule has 1 saturated carbocycles. The first-order valence-corrected chi connectivity index (χ1v) is 9.30. The number of rotatable bonds is 8. The third kappa shape index (κ3) is 5.05. The second-order valence-electron chi connectivity index (χ2n) is 6.85. The zero-order chi connectivity index (χ0) is 17.6. The first-order chi connectivity index (χ1) is 12.2. The molecule has 1 amide bonds. The molecule has 1 aliphatic carbocycles. The van der Waals surface area contributed by atoms with Crippen molar-refractivity contribution in [3.8, 4) is 0 Å². The molecule has 136 valence electrons. The van der Waals surface area contributed by atoms with Gasteiger partial charge in [-0.1, -0.05) is 24.3 Å². The van der Waals surface area contributed by atoms with Gasteiger partial charge >= 0.3 is 5.97 Å². The molecule has 5 nitrogen and oxygen atoms in total. The summed E-state index contributed by atoms with van der Waals surface area (Å²) in [5.41, 5.74) is 2.39. The van der Waals surface area contributed by atoms with Crippen molar-refractivity contribution in [2.75, 3.05) is 26.3 Å². The summed E-state index contributed by atoms with van der Waals surface area (Å²) in [5, 5.41) is 0. The van der Waals surface area contributed by atoms with Crippen LogP contribution in [0.5, 0.6) is 0 Å². The molecule has 0 spiro atoms. The molecule has 1 aliphatic heterocycles. The molecule has 2 aliphatic rings. The summed E-state index contributed by atoms with van der Waals surface area (Å²) in [5.74, 6) is 0.416. The minimum atomic E-state index is -0.240. The van der Waals surface area contributed by atoms with Crippen molar-refractivity contribution in [1.29, 1.82) is 0 Å². The molecule has 25 heavy (non-hydrogen) atoms. The van der Waals surface area contributed by atoms with Crippen molar-refractivity contribution in [3.05, 3.63) is 35.4 Å². The topological polar surface area (TPSA) is 55.8 Å². The van der Waals surface area contributed by atoms with E-state index < -0.39 is 0 Å². The number of benzene rings is 1. The number of carbonyl (C=O) groups is 2. The molecule has 0 saturated heterocycles. The van der Waals surface area contributed by atoms with Crippen LogP contribution in [0.3, 0.4) is 0 Å². The highest BCUT2D eigenvalue weighted by molar-refractivity contribution is 5.78. The summed E-state index contributed by atoms with van der Waals surface area (Å²) < 4.78 is 10.9. The van der Waals surface area contributed by atoms with Crippen molar-refractivity contribution >= 4 is 11.9 Å². The Kier molecular flexibility index (Phi) is 6.08. The lowest BCUT2D eigenvalue weighted by Crippen LogP contribution is -2.36. The second kappa shape index (κ2) is 8.48. The van der Waals surface area contributed by atoms with E-state index in [1.165, 1.54) is 18.4 Å². The third-order valence-corrected chi connectivity index (χ3v) is 4.87. The fraction of sp³-hybridized carbons (Fsp3) is 0.600. The maximum atomic E-state index is 12.8. The van der Waals surface area contributed by atoms with Crippen molar-refractivity contribution in [2.45, 2.75) is 45.1 Å². The van der Waals surface area contributed by atoms with Gasteiger partial charge in [0.2, 0.25) is 5.91 Å². The van der Waals surface area contributed by atoms with E-state index in [0.717, 1.165) is 18.5 Å². The van der Waals surface area contributed by atoms with Crippen LogP contribution in [0.25, 0.3) is 0 Å². The molecule has 3 rings (SSSR count). The van der Waals surface area contributed by atoms with Crippen molar-refractivity contribution < 1.29 is 19.1 Å². The number of nitrogens with zero attached hydrogens (tertiary/aromatic N) is 1. The Morgan fingerprint density at radius 1 is 1.28 bits per heavy atom. The minimum absolute atomic E-state index is 0.0675. The Bertz CT molecular complexity index is 611. The SMILES string of the molecule is CCOC(=O)CCN(CC1CC1)C(=O)CC1OCCc2ccccc21. The molecule has 0 radical (unpaired) electrons. The van der Waals surface area contributed by atoms with Gasteiger partial charge in [-0.25, -0.2) is 0 Å². The zero-order valence-electron chi connectivity index (χ0n) is 14.9. The molecule has 0 bridgehead atoms. The zero-order valence-corrected chi connectivity index (χ0v) is 14.9. The van der Waals surface area contributed by atoms with Crippen LogP contribution in [0.15, 0.2) is 24.3 Å². The first kappa shape index (κ1) is 17.9. The largest absolute Gasteiger partial charge is 0.466 e. The Hall–Kier alpha value is -1.88. The summed E-state index contributed by atoms with van der Waals surface area (Å²) in [6, 6.07) is 8.18. The number of fused-ring (bicyclic) bond motifs is 1. The monoisotopic (exact) mass is 345 g/mol. The van der Waals surface area contributed by atoms with Gasteiger partial charge in [-0.3, -0.25) is 9.59 Å². The van der Waals surface area contributed by atoms with Crippen molar-refractivity contribution in [1.82, 2.24) is 4.90 Å². The fourth-order valence-corrected chi connectivity index (χ4v) is 3.32. The third-order valence-electron chi connectivity index (χ3n) is 4.87. The molecule has 1 aromatic carbocycles. The molecule has 1 aromatic rings. The number of amides is 1. The summed E-state index contributed by atoms with van der Waals surface area (Å²) in [4.78, 5) is 26.3. The van der Waals surface area contributed by atoms with E-state index in [0.29, 0.717) is 32.1 Å². The Morgan fingerprint density at radius 3 is 2.84 bits per heavy atom. The highest BCUT2D eigenvalue weighted by Crippen LogP contribution is 2.32. The quantitative estimate of drug-likeness (QED) is 0.680. The summed E-state index contributed by atoms with van der Waals surface area (Å²) in [6.07, 6.45) is 3.66. The van der Waals surface area contributed by atoms with E-state index in [2.05, 4.69) is 12.1 Å². The van der Waals surface area contributed by atoms with Gasteiger partial charge in [-0.15, -0.1) is 0 Å². The van der Waals surface area contributed by atoms with Crippen LogP contribution in [0.4, 0.5) is 0 Å². The lowest BCUT2D eigenvalue weighted by atomic mass is 9.95. The van der Waals surface area contributed by atoms with Gasteiger partial charge in [0.1, 0.15) is 0 Å². The van der Waals surface area contributed by atoms with Crippen LogP contribution in [0, 0.1) is 5.92 Å². The average Bonchev–Trinajstić information content (AvgIpc) is 3.43. The molecular formula is C20H27NO4. The van der Waals surface area contributed by atoms with Crippen LogP contribution in [-0.4, -0.2) is 43.1 Å². The van der Waals surface area contributed by atoms with Crippen LogP contribution in [0.2, 0.25) is 0 Å². The Labute approximate surface area is 149 Å². The molecule has 1 atom stereocenters. The van der Waals surface area contributed by atoms with Crippen LogP contribution >= 0.6 is 0 Å². The molecule has 1 fully saturated rings. The van der Waals surface area contributed by atoms with Crippen molar-refractivity contribution in [2.24, 2.45) is 5.92 Å². The fourth-order valence-electron chi connectivity index (χ4n) is 3.32. The van der Waals surface area contributed by atoms with Crippen LogP contribution < -0.4 is 0 Å². The number of carbonyl (C=O) groups excluding carboxylic acids is 2. The Morgan fingerprint density at radius 2 is 2.08 bits per heavy atom. The van der Waals surface area contributed by atoms with E-state index in [1.54, 1.807) is 6.92 Å². The summed E-state index contributed by atoms with van der Waals surface area (Å²) in [6.45, 7) is 4.00. The highest BCUT2D eigenvalue weighted by Gasteiger charge is 2.30. The Balaban J connectivity index is 1.61. The van der Waals surface area contributed by atoms with E-state index in [9.17, 15) is 9.59 Å². The second-order valence-corrected chi connectivity index (χ2v) is 6.85. The first-order valence-electron chi connectivity index (χ1n) is 9.30. The lowest BCUT2D eigenvalue weighted by molar-refractivity contribution is -0.144. The number of hydrogen-bond acceptors (Lipinski definition) is 4. The number of hydrogen-bond donors (Lipinski definition) is 0. The van der Waals surface area contributed by atoms with E-state index in [4.69, 9.17) is 9.47 Å². The standard InChI is InChI=1S/C20H27NO4/c1-2-24-20(23)9-11-21(14-15-7-8-15)19(22)13-18-17-6-4-3-5-16(17)10-12-25-18/h3-6,15,18H,2,7-14H2,1H3. The molecule has 5 heteroatoms. The molecule has 1 heterocycles. The van der Waals surface area contributed by atoms with E-state index >= 15 is 0 Å². The normalized spacial score (nSPS) is 19.2. The van der Waals surface area contributed by atoms with Gasteiger partial charge in [-0.2, -0.15) is 0 Å². The van der Waals surface area contributed by atoms with Gasteiger partial charge in [0.05, 0.1) is 32.2 Å². The maximum absolute atomic E-state index is 12.8. The van der Waals surface area contributed by atoms with Crippen LogP contribution in [-0.2, 0) is 25.5 Å². The lowest BCUT2D eigenvalue weighted by Gasteiger charge is -2.29. The summed E-state index contributed by atoms with van der Waals surface area (Å²) >= 11 is 0.